The van der Waals surface area contributed by atoms with E-state index in [9.17, 15) is 18.9 Å². The van der Waals surface area contributed by atoms with Gasteiger partial charge in [0.1, 0.15) is 18.0 Å². The number of benzene rings is 3. The van der Waals surface area contributed by atoms with E-state index in [1.54, 1.807) is 0 Å². The minimum atomic E-state index is -1.63. The highest BCUT2D eigenvalue weighted by atomic mass is 32.2. The Hall–Kier alpha value is -4.90. The number of ether oxygens (including phenoxy) is 1. The standard InChI is InChI=1S/C33H28N6O5S2/c1-2-18-38-36-33(35-37-38)45-20-25-21-46(43)31-27(34-26(40)19-22-12-6-3-7-13-22)30(41)39(31)28(25)32(42)44-29(23-14-8-4-9-15-23)24-16-10-5-11-17-24/h1,3-17,27,29,31H,18-21H2,(H,34,40)/t27?,31-,46?/m1/s1. The quantitative estimate of drug-likeness (QED) is 0.0851. The highest BCUT2D eigenvalue weighted by Crippen LogP contribution is 2.40. The zero-order valence-electron chi connectivity index (χ0n) is 24.4. The largest absolute Gasteiger partial charge is 0.614 e. The molecule has 2 amide bonds. The van der Waals surface area contributed by atoms with E-state index < -0.39 is 40.6 Å². The first-order chi connectivity index (χ1) is 22.4. The minimum Gasteiger partial charge on any atom is -0.614 e. The van der Waals surface area contributed by atoms with E-state index in [4.69, 9.17) is 11.2 Å². The molecule has 2 unspecified atom stereocenters. The topological polar surface area (TPSA) is 142 Å². The van der Waals surface area contributed by atoms with Crippen LogP contribution < -0.4 is 5.32 Å². The molecule has 6 rings (SSSR count). The molecule has 2 aliphatic heterocycles. The summed E-state index contributed by atoms with van der Waals surface area (Å²) in [4.78, 5) is 43.1. The zero-order valence-corrected chi connectivity index (χ0v) is 26.0. The molecule has 46 heavy (non-hydrogen) atoms. The van der Waals surface area contributed by atoms with E-state index in [0.717, 1.165) is 16.7 Å². The second-order valence-electron chi connectivity index (χ2n) is 10.5. The van der Waals surface area contributed by atoms with E-state index in [0.29, 0.717) is 10.7 Å². The molecule has 3 atom stereocenters. The molecule has 1 fully saturated rings. The van der Waals surface area contributed by atoms with Gasteiger partial charge in [0, 0.05) is 11.3 Å². The number of β-lactam (4-membered cyclic amide) rings is 1. The van der Waals surface area contributed by atoms with Crippen molar-refractivity contribution in [2.24, 2.45) is 0 Å². The predicted octanol–water partition coefficient (Wildman–Crippen LogP) is 2.64. The lowest BCUT2D eigenvalue weighted by molar-refractivity contribution is -0.155. The molecule has 0 saturated carbocycles. The second-order valence-corrected chi connectivity index (χ2v) is 13.0. The molecular weight excluding hydrogens is 625 g/mol. The molecule has 1 saturated heterocycles. The highest BCUT2D eigenvalue weighted by Gasteiger charge is 2.61. The van der Waals surface area contributed by atoms with Crippen molar-refractivity contribution in [3.63, 3.8) is 0 Å². The summed E-state index contributed by atoms with van der Waals surface area (Å²) in [5.41, 5.74) is 2.69. The smallest absolute Gasteiger partial charge is 0.356 e. The van der Waals surface area contributed by atoms with Gasteiger partial charge in [-0.15, -0.1) is 16.6 Å². The molecular formula is C33H28N6O5S2. The van der Waals surface area contributed by atoms with Crippen LogP contribution in [0.4, 0.5) is 0 Å². The van der Waals surface area contributed by atoms with E-state index in [1.165, 1.54) is 21.5 Å². The van der Waals surface area contributed by atoms with Crippen molar-refractivity contribution in [2.75, 3.05) is 11.5 Å². The van der Waals surface area contributed by atoms with Crippen molar-refractivity contribution < 1.29 is 23.7 Å². The van der Waals surface area contributed by atoms with Crippen molar-refractivity contribution >= 4 is 40.7 Å². The van der Waals surface area contributed by atoms with Crippen molar-refractivity contribution in [1.29, 1.82) is 0 Å². The first-order valence-electron chi connectivity index (χ1n) is 14.3. The molecule has 13 heteroatoms. The number of amides is 2. The number of tetrazole rings is 1. The maximum atomic E-state index is 14.1. The fourth-order valence-corrected chi connectivity index (χ4v) is 7.89. The van der Waals surface area contributed by atoms with E-state index in [-0.39, 0.29) is 36.1 Å². The van der Waals surface area contributed by atoms with Crippen LogP contribution in [0.5, 0.6) is 0 Å². The predicted molar refractivity (Wildman–Crippen MR) is 171 cm³/mol. The van der Waals surface area contributed by atoms with Crippen LogP contribution in [0.2, 0.25) is 0 Å². The Morgan fingerprint density at radius 3 is 2.30 bits per heavy atom. The Morgan fingerprint density at radius 1 is 1.04 bits per heavy atom. The van der Waals surface area contributed by atoms with Crippen LogP contribution in [0.25, 0.3) is 0 Å². The summed E-state index contributed by atoms with van der Waals surface area (Å²) in [5, 5.41) is 14.2. The summed E-state index contributed by atoms with van der Waals surface area (Å²) in [5.74, 6) is 0.884. The van der Waals surface area contributed by atoms with Crippen molar-refractivity contribution in [3.05, 3.63) is 119 Å². The fourth-order valence-electron chi connectivity index (χ4n) is 5.29. The number of aromatic nitrogens is 4. The number of fused-ring (bicyclic) bond motifs is 1. The number of nitrogens with zero attached hydrogens (tertiary/aromatic N) is 5. The van der Waals surface area contributed by atoms with Gasteiger partial charge >= 0.3 is 5.97 Å². The first-order valence-corrected chi connectivity index (χ1v) is 16.7. The second kappa shape index (κ2) is 14.0. The molecule has 0 spiro atoms. The van der Waals surface area contributed by atoms with Crippen molar-refractivity contribution in [2.45, 2.75) is 35.6 Å². The van der Waals surface area contributed by atoms with Gasteiger partial charge in [0.25, 0.3) is 5.91 Å². The van der Waals surface area contributed by atoms with Crippen LogP contribution in [0.15, 0.2) is 107 Å². The summed E-state index contributed by atoms with van der Waals surface area (Å²) in [6, 6.07) is 26.6. The molecule has 4 aromatic rings. The first kappa shape index (κ1) is 31.1. The van der Waals surface area contributed by atoms with Gasteiger partial charge in [-0.1, -0.05) is 109 Å². The SMILES string of the molecule is C#CCn1nnc(SCC2=C(C(=O)OC(c3ccccc3)c3ccccc3)N3C(=O)C(NC(=O)Cc4ccccc4)[C@H]3[S+]([O-])C2)n1. The molecule has 0 radical (unpaired) electrons. The van der Waals surface area contributed by atoms with Crippen LogP contribution in [-0.2, 0) is 43.3 Å². The van der Waals surface area contributed by atoms with E-state index in [1.807, 2.05) is 91.0 Å². The lowest BCUT2D eigenvalue weighted by Crippen LogP contribution is -2.75. The van der Waals surface area contributed by atoms with Crippen LogP contribution in [0.1, 0.15) is 22.8 Å². The molecule has 1 N–H and O–H groups in total. The van der Waals surface area contributed by atoms with Gasteiger partial charge in [0.05, 0.1) is 6.42 Å². The van der Waals surface area contributed by atoms with Gasteiger partial charge in [-0.3, -0.25) is 14.5 Å². The summed E-state index contributed by atoms with van der Waals surface area (Å²) >= 11 is -0.459. The summed E-state index contributed by atoms with van der Waals surface area (Å²) < 4.78 is 19.8. The van der Waals surface area contributed by atoms with Crippen LogP contribution >= 0.6 is 11.8 Å². The Morgan fingerprint density at radius 2 is 1.67 bits per heavy atom. The third-order valence-electron chi connectivity index (χ3n) is 7.39. The minimum absolute atomic E-state index is 0.00328. The van der Waals surface area contributed by atoms with Crippen molar-refractivity contribution in [3.8, 4) is 12.3 Å². The molecule has 0 bridgehead atoms. The molecule has 1 aromatic heterocycles. The summed E-state index contributed by atoms with van der Waals surface area (Å²) in [6.07, 6.45) is 4.62. The Bertz CT molecular complexity index is 1760. The molecule has 2 aliphatic rings. The Labute approximate surface area is 272 Å². The van der Waals surface area contributed by atoms with Gasteiger partial charge in [-0.2, -0.15) is 4.80 Å². The van der Waals surface area contributed by atoms with Gasteiger partial charge in [0.2, 0.25) is 16.4 Å². The third kappa shape index (κ3) is 6.69. The van der Waals surface area contributed by atoms with Crippen LogP contribution in [-0.4, -0.2) is 70.4 Å². The number of rotatable bonds is 11. The zero-order chi connectivity index (χ0) is 32.0. The molecule has 3 heterocycles. The van der Waals surface area contributed by atoms with Gasteiger partial charge in [-0.25, -0.2) is 4.79 Å². The number of thioether (sulfide) groups is 1. The maximum absolute atomic E-state index is 14.1. The Kier molecular flexibility index (Phi) is 9.49. The molecule has 3 aromatic carbocycles. The average Bonchev–Trinajstić information content (AvgIpc) is 3.53. The van der Waals surface area contributed by atoms with E-state index in [2.05, 4.69) is 26.6 Å². The number of esters is 1. The fraction of sp³-hybridized carbons (Fsp3) is 0.212. The van der Waals surface area contributed by atoms with Gasteiger partial charge in [0.15, 0.2) is 12.1 Å². The van der Waals surface area contributed by atoms with Gasteiger partial charge in [-0.05, 0) is 33.1 Å². The third-order valence-corrected chi connectivity index (χ3v) is 9.96. The number of hydrogen-bond acceptors (Lipinski definition) is 9. The number of hydrogen-bond donors (Lipinski definition) is 1. The summed E-state index contributed by atoms with van der Waals surface area (Å²) in [6.45, 7) is 0.138. The molecule has 232 valence electrons. The van der Waals surface area contributed by atoms with Crippen LogP contribution in [0, 0.1) is 12.3 Å². The number of nitrogens with one attached hydrogen (secondary N) is 1. The van der Waals surface area contributed by atoms with E-state index >= 15 is 0 Å². The van der Waals surface area contributed by atoms with Crippen molar-refractivity contribution in [1.82, 2.24) is 30.4 Å². The number of carbonyl (C=O) groups excluding carboxylic acids is 3. The summed E-state index contributed by atoms with van der Waals surface area (Å²) in [7, 11) is 0. The molecule has 11 nitrogen and oxygen atoms in total. The average molecular weight is 653 g/mol. The highest BCUT2D eigenvalue weighted by molar-refractivity contribution is 7.99. The number of carbonyl (C=O) groups is 3. The lowest BCUT2D eigenvalue weighted by Gasteiger charge is -2.49. The molecule has 0 aliphatic carbocycles. The van der Waals surface area contributed by atoms with Crippen LogP contribution in [0.3, 0.4) is 0 Å². The Balaban J connectivity index is 1.29. The lowest BCUT2D eigenvalue weighted by atomic mass is 10.0. The normalized spacial score (nSPS) is 18.8. The van der Waals surface area contributed by atoms with Gasteiger partial charge < -0.3 is 14.6 Å². The number of terminal acetylenes is 1. The monoisotopic (exact) mass is 652 g/mol. The maximum Gasteiger partial charge on any atom is 0.356 e.